The largest absolute Gasteiger partial charge is 0.451 e. The number of fused-ring (bicyclic) bond motifs is 1. The smallest absolute Gasteiger partial charge is 0.326 e. The molecule has 1 aliphatic carbocycles. The monoisotopic (exact) mass is 392 g/mol. The van der Waals surface area contributed by atoms with E-state index in [4.69, 9.17) is 4.74 Å². The van der Waals surface area contributed by atoms with Crippen molar-refractivity contribution >= 4 is 29.5 Å². The van der Waals surface area contributed by atoms with E-state index in [1.165, 1.54) is 24.1 Å². The summed E-state index contributed by atoms with van der Waals surface area (Å²) in [6.45, 7) is 1.19. The van der Waals surface area contributed by atoms with Crippen LogP contribution in [0.25, 0.3) is 6.08 Å². The van der Waals surface area contributed by atoms with Crippen LogP contribution in [0.15, 0.2) is 54.6 Å². The Morgan fingerprint density at radius 3 is 2.62 bits per heavy atom. The molecule has 29 heavy (non-hydrogen) atoms. The van der Waals surface area contributed by atoms with E-state index in [0.29, 0.717) is 5.69 Å². The molecule has 0 radical (unpaired) electrons. The van der Waals surface area contributed by atoms with Crippen LogP contribution in [0, 0.1) is 0 Å². The van der Waals surface area contributed by atoms with Crippen molar-refractivity contribution < 1.29 is 19.1 Å². The van der Waals surface area contributed by atoms with Gasteiger partial charge < -0.3 is 15.4 Å². The van der Waals surface area contributed by atoms with Crippen LogP contribution in [0.3, 0.4) is 0 Å². The highest BCUT2D eigenvalue weighted by Crippen LogP contribution is 2.25. The molecule has 1 atom stereocenters. The van der Waals surface area contributed by atoms with E-state index in [-0.39, 0.29) is 6.54 Å². The van der Waals surface area contributed by atoms with E-state index in [2.05, 4.69) is 10.6 Å². The average molecular weight is 392 g/mol. The van der Waals surface area contributed by atoms with Gasteiger partial charge in [-0.05, 0) is 61.1 Å². The quantitative estimate of drug-likeness (QED) is 0.561. The molecule has 3 rings (SSSR count). The van der Waals surface area contributed by atoms with Crippen LogP contribution in [0.2, 0.25) is 0 Å². The van der Waals surface area contributed by atoms with Crippen LogP contribution < -0.4 is 10.6 Å². The number of carbonyl (C=O) groups excluding carboxylic acids is 3. The Balaban J connectivity index is 1.42. The third kappa shape index (κ3) is 6.04. The fourth-order valence-corrected chi connectivity index (χ4v) is 3.14. The third-order valence-electron chi connectivity index (χ3n) is 4.68. The van der Waals surface area contributed by atoms with Crippen molar-refractivity contribution in [3.05, 3.63) is 71.3 Å². The molecule has 0 unspecified atom stereocenters. The second-order valence-electron chi connectivity index (χ2n) is 6.92. The second kappa shape index (κ2) is 9.68. The number of hydrogen-bond donors (Lipinski definition) is 2. The number of carbonyl (C=O) groups is 3. The van der Waals surface area contributed by atoms with Crippen molar-refractivity contribution in [2.45, 2.75) is 32.3 Å². The summed E-state index contributed by atoms with van der Waals surface area (Å²) in [5.41, 5.74) is 4.14. The minimum absolute atomic E-state index is 0.311. The molecule has 150 valence electrons. The van der Waals surface area contributed by atoms with Crippen LogP contribution in [0.1, 0.15) is 30.0 Å². The molecular weight excluding hydrogens is 368 g/mol. The maximum Gasteiger partial charge on any atom is 0.326 e. The van der Waals surface area contributed by atoms with E-state index in [1.807, 2.05) is 48.5 Å². The van der Waals surface area contributed by atoms with Crippen LogP contribution in [0.5, 0.6) is 0 Å². The highest BCUT2D eigenvalue weighted by atomic mass is 16.5. The molecule has 2 N–H and O–H groups in total. The number of ether oxygens (including phenoxy) is 1. The predicted molar refractivity (Wildman–Crippen MR) is 111 cm³/mol. The minimum Gasteiger partial charge on any atom is -0.451 e. The van der Waals surface area contributed by atoms with Crippen LogP contribution in [0.4, 0.5) is 5.69 Å². The zero-order valence-corrected chi connectivity index (χ0v) is 16.3. The highest BCUT2D eigenvalue weighted by molar-refractivity contribution is 5.96. The molecule has 0 saturated carbocycles. The Morgan fingerprint density at radius 1 is 1.07 bits per heavy atom. The first-order chi connectivity index (χ1) is 14.0. The fraction of sp³-hybridized carbons (Fsp3) is 0.261. The van der Waals surface area contributed by atoms with E-state index in [9.17, 15) is 14.4 Å². The molecule has 0 aliphatic heterocycles. The van der Waals surface area contributed by atoms with Crippen molar-refractivity contribution in [3.8, 4) is 0 Å². The summed E-state index contributed by atoms with van der Waals surface area (Å²) in [5, 5.41) is 5.21. The van der Waals surface area contributed by atoms with Gasteiger partial charge in [-0.3, -0.25) is 14.4 Å². The third-order valence-corrected chi connectivity index (χ3v) is 4.68. The fourth-order valence-electron chi connectivity index (χ4n) is 3.14. The van der Waals surface area contributed by atoms with Gasteiger partial charge in [0.05, 0.1) is 0 Å². The Labute approximate surface area is 170 Å². The van der Waals surface area contributed by atoms with Crippen molar-refractivity contribution in [1.29, 1.82) is 0 Å². The summed E-state index contributed by atoms with van der Waals surface area (Å²) in [4.78, 5) is 35.9. The lowest BCUT2D eigenvalue weighted by Crippen LogP contribution is -2.35. The number of benzene rings is 2. The Hall–Kier alpha value is -3.41. The predicted octanol–water partition coefficient (Wildman–Crippen LogP) is 2.88. The van der Waals surface area contributed by atoms with Gasteiger partial charge in [-0.25, -0.2) is 0 Å². The molecule has 0 fully saturated rings. The molecule has 0 spiro atoms. The minimum atomic E-state index is -0.965. The summed E-state index contributed by atoms with van der Waals surface area (Å²) < 4.78 is 5.10. The Bertz CT molecular complexity index is 922. The van der Waals surface area contributed by atoms with Crippen LogP contribution in [-0.2, 0) is 32.0 Å². The van der Waals surface area contributed by atoms with Gasteiger partial charge in [-0.2, -0.15) is 0 Å². The second-order valence-corrected chi connectivity index (χ2v) is 6.92. The summed E-state index contributed by atoms with van der Waals surface area (Å²) >= 11 is 0. The number of hydrogen-bond acceptors (Lipinski definition) is 4. The van der Waals surface area contributed by atoms with Gasteiger partial charge in [0.25, 0.3) is 5.91 Å². The van der Waals surface area contributed by atoms with Gasteiger partial charge in [0.1, 0.15) is 6.54 Å². The molecule has 0 heterocycles. The van der Waals surface area contributed by atoms with Crippen molar-refractivity contribution in [3.63, 3.8) is 0 Å². The average Bonchev–Trinajstić information content (AvgIpc) is 3.19. The Kier molecular flexibility index (Phi) is 6.79. The van der Waals surface area contributed by atoms with E-state index >= 15 is 0 Å². The standard InChI is InChI=1S/C23H24N2O4/c1-16(23(28)25-20-12-11-18-8-5-9-19(18)14-20)29-22(27)15-24-21(26)13-10-17-6-3-2-4-7-17/h2-4,6-7,10-14,16H,5,8-9,15H2,1H3,(H,24,26)(H,25,28)/b13-10+/t16-/m1/s1. The maximum atomic E-state index is 12.3. The lowest BCUT2D eigenvalue weighted by atomic mass is 10.1. The van der Waals surface area contributed by atoms with E-state index < -0.39 is 23.9 Å². The van der Waals surface area contributed by atoms with Gasteiger partial charge in [-0.15, -0.1) is 0 Å². The Morgan fingerprint density at radius 2 is 1.83 bits per heavy atom. The lowest BCUT2D eigenvalue weighted by molar-refractivity contribution is -0.152. The number of rotatable bonds is 7. The number of esters is 1. The van der Waals surface area contributed by atoms with Crippen LogP contribution in [-0.4, -0.2) is 30.4 Å². The summed E-state index contributed by atoms with van der Waals surface area (Å²) in [6.07, 6.45) is 5.24. The molecular formula is C23H24N2O4. The van der Waals surface area contributed by atoms with Gasteiger partial charge in [0, 0.05) is 11.8 Å². The highest BCUT2D eigenvalue weighted by Gasteiger charge is 2.19. The molecule has 2 aromatic rings. The van der Waals surface area contributed by atoms with E-state index in [1.54, 1.807) is 6.08 Å². The van der Waals surface area contributed by atoms with E-state index in [0.717, 1.165) is 24.8 Å². The summed E-state index contributed by atoms with van der Waals surface area (Å²) in [6, 6.07) is 15.2. The molecule has 0 saturated heterocycles. The van der Waals surface area contributed by atoms with Crippen molar-refractivity contribution in [2.24, 2.45) is 0 Å². The first-order valence-electron chi connectivity index (χ1n) is 9.64. The van der Waals surface area contributed by atoms with Gasteiger partial charge in [-0.1, -0.05) is 36.4 Å². The SMILES string of the molecule is C[C@@H](OC(=O)CNC(=O)/C=C/c1ccccc1)C(=O)Nc1ccc2c(c1)CCC2. The molecule has 2 aromatic carbocycles. The van der Waals surface area contributed by atoms with Gasteiger partial charge >= 0.3 is 5.97 Å². The van der Waals surface area contributed by atoms with Crippen molar-refractivity contribution in [2.75, 3.05) is 11.9 Å². The molecule has 0 bridgehead atoms. The normalized spacial score (nSPS) is 13.6. The lowest BCUT2D eigenvalue weighted by Gasteiger charge is -2.14. The molecule has 6 nitrogen and oxygen atoms in total. The topological polar surface area (TPSA) is 84.5 Å². The number of nitrogens with one attached hydrogen (secondary N) is 2. The molecule has 0 aromatic heterocycles. The number of aryl methyl sites for hydroxylation is 2. The first kappa shape index (κ1) is 20.3. The number of anilines is 1. The number of amides is 2. The van der Waals surface area contributed by atoms with Gasteiger partial charge in [0.15, 0.2) is 6.10 Å². The molecule has 1 aliphatic rings. The molecule has 2 amide bonds. The summed E-state index contributed by atoms with van der Waals surface area (Å²) in [5.74, 6) is -1.50. The van der Waals surface area contributed by atoms with Crippen LogP contribution >= 0.6 is 0 Å². The molecule has 6 heteroatoms. The van der Waals surface area contributed by atoms with Gasteiger partial charge in [0.2, 0.25) is 5.91 Å². The summed E-state index contributed by atoms with van der Waals surface area (Å²) in [7, 11) is 0. The first-order valence-corrected chi connectivity index (χ1v) is 9.64. The van der Waals surface area contributed by atoms with Crippen molar-refractivity contribution in [1.82, 2.24) is 5.32 Å². The zero-order valence-electron chi connectivity index (χ0n) is 16.3. The zero-order chi connectivity index (χ0) is 20.6. The maximum absolute atomic E-state index is 12.3.